The molecule has 1 aliphatic heterocycles. The minimum absolute atomic E-state index is 0.0118. The Hall–Kier alpha value is -4.21. The van der Waals surface area contributed by atoms with Gasteiger partial charge in [0.25, 0.3) is 5.91 Å². The molecule has 0 aliphatic carbocycles. The van der Waals surface area contributed by atoms with Gasteiger partial charge in [-0.2, -0.15) is 0 Å². The molecule has 4 N–H and O–H groups in total. The van der Waals surface area contributed by atoms with Gasteiger partial charge in [0.2, 0.25) is 14.7 Å². The zero-order valence-corrected chi connectivity index (χ0v) is 22.2. The molecular formula is C30H29N3O5S. The normalized spacial score (nSPS) is 16.8. The van der Waals surface area contributed by atoms with Crippen LogP contribution in [-0.2, 0) is 43.5 Å². The van der Waals surface area contributed by atoms with Crippen molar-refractivity contribution in [3.8, 4) is 0 Å². The highest BCUT2D eigenvalue weighted by Crippen LogP contribution is 2.33. The number of nitrogen functional groups attached to an aromatic ring is 1. The summed E-state index contributed by atoms with van der Waals surface area (Å²) in [4.78, 5) is 26.0. The van der Waals surface area contributed by atoms with Gasteiger partial charge in [-0.3, -0.25) is 4.79 Å². The van der Waals surface area contributed by atoms with Crippen LogP contribution < -0.4 is 11.5 Å². The largest absolute Gasteiger partial charge is 0.467 e. The molecule has 1 unspecified atom stereocenters. The number of carbonyl (C=O) groups excluding carboxylic acids is 2. The fourth-order valence-electron chi connectivity index (χ4n) is 5.16. The summed E-state index contributed by atoms with van der Waals surface area (Å²) in [6.45, 7) is 0.0118. The molecule has 0 radical (unpaired) electrons. The Bertz CT molecular complexity index is 1690. The Morgan fingerprint density at radius 1 is 0.923 bits per heavy atom. The number of hydrogen-bond donors (Lipinski definition) is 2. The van der Waals surface area contributed by atoms with Crippen LogP contribution in [0.5, 0.6) is 0 Å². The van der Waals surface area contributed by atoms with Gasteiger partial charge >= 0.3 is 5.97 Å². The summed E-state index contributed by atoms with van der Waals surface area (Å²) in [7, 11) is -3.26. The number of benzene rings is 4. The third-order valence-electron chi connectivity index (χ3n) is 7.27. The Kier molecular flexibility index (Phi) is 6.88. The Morgan fingerprint density at radius 2 is 1.62 bits per heavy atom. The number of fused-ring (bicyclic) bond motifs is 2. The lowest BCUT2D eigenvalue weighted by Crippen LogP contribution is -2.64. The van der Waals surface area contributed by atoms with Crippen LogP contribution in [0.4, 0.5) is 5.69 Å². The number of rotatable bonds is 6. The smallest absolute Gasteiger partial charge is 0.328 e. The second kappa shape index (κ2) is 10.2. The van der Waals surface area contributed by atoms with E-state index in [1.54, 1.807) is 42.5 Å². The number of methoxy groups -OCH3 is 1. The van der Waals surface area contributed by atoms with Crippen LogP contribution in [0.3, 0.4) is 0 Å². The van der Waals surface area contributed by atoms with Crippen LogP contribution in [0, 0.1) is 0 Å². The molecule has 4 aromatic rings. The van der Waals surface area contributed by atoms with Gasteiger partial charge in [0.15, 0.2) is 0 Å². The molecule has 0 aromatic heterocycles. The van der Waals surface area contributed by atoms with Gasteiger partial charge in [0.1, 0.15) is 6.04 Å². The van der Waals surface area contributed by atoms with E-state index in [9.17, 15) is 18.0 Å². The molecule has 0 fully saturated rings. The van der Waals surface area contributed by atoms with Crippen LogP contribution in [0.2, 0.25) is 0 Å². The summed E-state index contributed by atoms with van der Waals surface area (Å²) < 4.78 is 33.7. The molecule has 1 heterocycles. The third-order valence-corrected chi connectivity index (χ3v) is 9.43. The highest BCUT2D eigenvalue weighted by Gasteiger charge is 2.53. The molecule has 1 amide bonds. The van der Waals surface area contributed by atoms with E-state index in [1.807, 2.05) is 36.4 Å². The zero-order chi connectivity index (χ0) is 27.8. The fraction of sp³-hybridized carbons (Fsp3) is 0.200. The number of ether oxygens (including phenoxy) is 1. The number of anilines is 1. The highest BCUT2D eigenvalue weighted by atomic mass is 32.2. The number of nitrogens with two attached hydrogens (primary N) is 2. The number of hydrogen-bond acceptors (Lipinski definition) is 7. The van der Waals surface area contributed by atoms with Crippen molar-refractivity contribution in [1.29, 1.82) is 0 Å². The molecule has 0 bridgehead atoms. The minimum atomic E-state index is -4.49. The lowest BCUT2D eigenvalue weighted by atomic mass is 9.92. The van der Waals surface area contributed by atoms with Crippen molar-refractivity contribution in [2.24, 2.45) is 5.73 Å². The predicted octanol–water partition coefficient (Wildman–Crippen LogP) is 3.22. The van der Waals surface area contributed by atoms with Crippen molar-refractivity contribution in [2.45, 2.75) is 35.2 Å². The first-order valence-electron chi connectivity index (χ1n) is 12.5. The monoisotopic (exact) mass is 543 g/mol. The topological polar surface area (TPSA) is 133 Å². The Morgan fingerprint density at radius 3 is 2.33 bits per heavy atom. The van der Waals surface area contributed by atoms with E-state index in [4.69, 9.17) is 16.2 Å². The summed E-state index contributed by atoms with van der Waals surface area (Å²) in [5.41, 5.74) is 15.3. The second-order valence-electron chi connectivity index (χ2n) is 9.77. The maximum Gasteiger partial charge on any atom is 0.328 e. The first kappa shape index (κ1) is 26.4. The highest BCUT2D eigenvalue weighted by molar-refractivity contribution is 7.93. The van der Waals surface area contributed by atoms with Crippen LogP contribution in [0.15, 0.2) is 95.9 Å². The predicted molar refractivity (Wildman–Crippen MR) is 149 cm³/mol. The number of nitrogens with zero attached hydrogens (tertiary/aromatic N) is 1. The number of amides is 1. The molecule has 0 saturated carbocycles. The van der Waals surface area contributed by atoms with E-state index in [0.29, 0.717) is 16.6 Å². The van der Waals surface area contributed by atoms with E-state index in [1.165, 1.54) is 24.1 Å². The maximum absolute atomic E-state index is 14.4. The van der Waals surface area contributed by atoms with Crippen molar-refractivity contribution in [1.82, 2.24) is 4.90 Å². The van der Waals surface area contributed by atoms with Gasteiger partial charge in [0, 0.05) is 25.1 Å². The van der Waals surface area contributed by atoms with Gasteiger partial charge in [-0.1, -0.05) is 66.7 Å². The van der Waals surface area contributed by atoms with E-state index >= 15 is 0 Å². The average Bonchev–Trinajstić information content (AvgIpc) is 2.95. The first-order chi connectivity index (χ1) is 18.6. The van der Waals surface area contributed by atoms with Gasteiger partial charge in [-0.05, 0) is 51.7 Å². The van der Waals surface area contributed by atoms with Crippen molar-refractivity contribution >= 4 is 38.2 Å². The van der Waals surface area contributed by atoms with E-state index in [2.05, 4.69) is 0 Å². The third kappa shape index (κ3) is 4.75. The maximum atomic E-state index is 14.4. The molecular weight excluding hydrogens is 514 g/mol. The standard InChI is InChI=1S/C30H29N3O5S/c1-38-28(34)27-17-23-10-4-5-11-24(23)19-33(27)29(35)30(32,18-20-7-6-12-25(31)15-20)39(36,37)26-14-13-21-8-2-3-9-22(21)16-26/h2-16,27H,17-19,31-32H2,1H3/t27?,30-/m1/s1. The van der Waals surface area contributed by atoms with Crippen LogP contribution in [-0.4, -0.2) is 43.2 Å². The van der Waals surface area contributed by atoms with Gasteiger partial charge < -0.3 is 21.1 Å². The van der Waals surface area contributed by atoms with Gasteiger partial charge in [-0.15, -0.1) is 0 Å². The van der Waals surface area contributed by atoms with E-state index < -0.39 is 32.6 Å². The molecule has 2 atom stereocenters. The summed E-state index contributed by atoms with van der Waals surface area (Å²) in [5.74, 6) is -1.53. The molecule has 0 spiro atoms. The van der Waals surface area contributed by atoms with Gasteiger partial charge in [0.05, 0.1) is 12.0 Å². The van der Waals surface area contributed by atoms with Crippen molar-refractivity contribution in [3.05, 3.63) is 108 Å². The zero-order valence-electron chi connectivity index (χ0n) is 21.4. The Balaban J connectivity index is 1.65. The Labute approximate surface area is 227 Å². The average molecular weight is 544 g/mol. The number of carbonyl (C=O) groups is 2. The molecule has 9 heteroatoms. The quantitative estimate of drug-likeness (QED) is 0.282. The lowest BCUT2D eigenvalue weighted by Gasteiger charge is -2.40. The molecule has 1 aliphatic rings. The first-order valence-corrected chi connectivity index (χ1v) is 13.9. The molecule has 200 valence electrons. The number of esters is 1. The summed E-state index contributed by atoms with van der Waals surface area (Å²) >= 11 is 0. The molecule has 39 heavy (non-hydrogen) atoms. The lowest BCUT2D eigenvalue weighted by molar-refractivity contribution is -0.155. The van der Waals surface area contributed by atoms with Crippen molar-refractivity contribution < 1.29 is 22.7 Å². The summed E-state index contributed by atoms with van der Waals surface area (Å²) in [6.07, 6.45) is -0.170. The van der Waals surface area contributed by atoms with Crippen molar-refractivity contribution in [3.63, 3.8) is 0 Å². The summed E-state index contributed by atoms with van der Waals surface area (Å²) in [6, 6.07) is 24.9. The summed E-state index contributed by atoms with van der Waals surface area (Å²) in [5, 5.41) is 1.54. The number of sulfone groups is 1. The SMILES string of the molecule is COC(=O)C1Cc2ccccc2CN1C(=O)[C@@](N)(Cc1cccc(N)c1)S(=O)(=O)c1ccc2ccccc2c1. The van der Waals surface area contributed by atoms with E-state index in [0.717, 1.165) is 16.5 Å². The minimum Gasteiger partial charge on any atom is -0.467 e. The van der Waals surface area contributed by atoms with Gasteiger partial charge in [-0.25, -0.2) is 13.2 Å². The fourth-order valence-corrected chi connectivity index (χ4v) is 6.82. The van der Waals surface area contributed by atoms with E-state index in [-0.39, 0.29) is 24.3 Å². The van der Waals surface area contributed by atoms with Crippen LogP contribution in [0.25, 0.3) is 10.8 Å². The molecule has 4 aromatic carbocycles. The van der Waals surface area contributed by atoms with Crippen molar-refractivity contribution in [2.75, 3.05) is 12.8 Å². The van der Waals surface area contributed by atoms with Crippen LogP contribution in [0.1, 0.15) is 16.7 Å². The molecule has 8 nitrogen and oxygen atoms in total. The van der Waals surface area contributed by atoms with Crippen LogP contribution >= 0.6 is 0 Å². The molecule has 0 saturated heterocycles. The second-order valence-corrected chi connectivity index (χ2v) is 12.0. The molecule has 5 rings (SSSR count).